The van der Waals surface area contributed by atoms with Crippen LogP contribution in [0.5, 0.6) is 0 Å². The van der Waals surface area contributed by atoms with Gasteiger partial charge in [-0.05, 0) is 49.4 Å². The van der Waals surface area contributed by atoms with Crippen molar-refractivity contribution in [2.75, 3.05) is 31.1 Å². The van der Waals surface area contributed by atoms with Crippen molar-refractivity contribution in [2.45, 2.75) is 18.0 Å². The van der Waals surface area contributed by atoms with Crippen LogP contribution >= 0.6 is 11.6 Å². The second-order valence-corrected chi connectivity index (χ2v) is 8.95. The third-order valence-electron chi connectivity index (χ3n) is 4.75. The summed E-state index contributed by atoms with van der Waals surface area (Å²) in [5.74, 6) is -0.0505. The monoisotopic (exact) mass is 446 g/mol. The van der Waals surface area contributed by atoms with E-state index in [1.807, 2.05) is 4.90 Å². The first kappa shape index (κ1) is 21.6. The van der Waals surface area contributed by atoms with Gasteiger partial charge in [0.15, 0.2) is 5.78 Å². The molecule has 5 nitrogen and oxygen atoms in total. The zero-order chi connectivity index (χ0) is 21.4. The lowest BCUT2D eigenvalue weighted by molar-refractivity contribution is -0.137. The second kappa shape index (κ2) is 7.97. The molecule has 0 aromatic heterocycles. The molecule has 1 saturated heterocycles. The van der Waals surface area contributed by atoms with Crippen LogP contribution in [0.25, 0.3) is 0 Å². The van der Waals surface area contributed by atoms with E-state index in [0.717, 1.165) is 22.1 Å². The molecule has 0 atom stereocenters. The summed E-state index contributed by atoms with van der Waals surface area (Å²) in [7, 11) is -4.17. The van der Waals surface area contributed by atoms with Crippen LogP contribution in [0.1, 0.15) is 22.8 Å². The van der Waals surface area contributed by atoms with E-state index >= 15 is 0 Å². The third-order valence-corrected chi connectivity index (χ3v) is 7.13. The highest BCUT2D eigenvalue weighted by Gasteiger charge is 2.35. The Bertz CT molecular complexity index is 1020. The van der Waals surface area contributed by atoms with Gasteiger partial charge >= 0.3 is 6.18 Å². The third kappa shape index (κ3) is 4.57. The van der Waals surface area contributed by atoms with Crippen LogP contribution in [0, 0.1) is 0 Å². The van der Waals surface area contributed by atoms with Gasteiger partial charge in [0.1, 0.15) is 4.90 Å². The molecular weight excluding hydrogens is 429 g/mol. The Morgan fingerprint density at radius 1 is 1.00 bits per heavy atom. The van der Waals surface area contributed by atoms with Crippen LogP contribution in [0.3, 0.4) is 0 Å². The van der Waals surface area contributed by atoms with Gasteiger partial charge in [-0.15, -0.1) is 0 Å². The molecule has 0 radical (unpaired) electrons. The van der Waals surface area contributed by atoms with E-state index in [1.54, 1.807) is 24.3 Å². The molecule has 1 aliphatic heterocycles. The summed E-state index contributed by atoms with van der Waals surface area (Å²) in [5, 5.41) is -0.250. The van der Waals surface area contributed by atoms with Gasteiger partial charge in [0.25, 0.3) is 0 Å². The summed E-state index contributed by atoms with van der Waals surface area (Å²) in [6, 6.07) is 9.24. The van der Waals surface area contributed by atoms with Crippen molar-refractivity contribution in [3.05, 3.63) is 58.6 Å². The number of Topliss-reactive ketones (excluding diaryl/α,β-unsaturated/α-hetero) is 1. The van der Waals surface area contributed by atoms with Crippen molar-refractivity contribution in [1.29, 1.82) is 0 Å². The average molecular weight is 447 g/mol. The van der Waals surface area contributed by atoms with E-state index in [9.17, 15) is 26.4 Å². The smallest absolute Gasteiger partial charge is 0.369 e. The number of benzene rings is 2. The average Bonchev–Trinajstić information content (AvgIpc) is 2.67. The fourth-order valence-electron chi connectivity index (χ4n) is 3.11. The van der Waals surface area contributed by atoms with Crippen LogP contribution < -0.4 is 4.90 Å². The van der Waals surface area contributed by atoms with Crippen molar-refractivity contribution in [3.63, 3.8) is 0 Å². The topological polar surface area (TPSA) is 57.7 Å². The van der Waals surface area contributed by atoms with Crippen molar-refractivity contribution in [3.8, 4) is 0 Å². The maximum absolute atomic E-state index is 13.0. The highest BCUT2D eigenvalue weighted by molar-refractivity contribution is 7.89. The summed E-state index contributed by atoms with van der Waals surface area (Å²) < 4.78 is 65.8. The number of ketones is 1. The number of piperazine rings is 1. The molecule has 29 heavy (non-hydrogen) atoms. The van der Waals surface area contributed by atoms with Gasteiger partial charge in [-0.2, -0.15) is 17.5 Å². The van der Waals surface area contributed by atoms with Crippen molar-refractivity contribution < 1.29 is 26.4 Å². The summed E-state index contributed by atoms with van der Waals surface area (Å²) >= 11 is 5.90. The maximum atomic E-state index is 13.0. The fraction of sp³-hybridized carbons (Fsp3) is 0.316. The van der Waals surface area contributed by atoms with E-state index < -0.39 is 26.7 Å². The number of carbonyl (C=O) groups excluding carboxylic acids is 1. The molecule has 0 aliphatic carbocycles. The van der Waals surface area contributed by atoms with Crippen molar-refractivity contribution >= 4 is 33.1 Å². The molecular formula is C19H18ClF3N2O3S. The Morgan fingerprint density at radius 3 is 2.10 bits per heavy atom. The molecule has 0 amide bonds. The number of hydrogen-bond acceptors (Lipinski definition) is 4. The Morgan fingerprint density at radius 2 is 1.59 bits per heavy atom. The van der Waals surface area contributed by atoms with Crippen LogP contribution in [-0.4, -0.2) is 44.7 Å². The number of hydrogen-bond donors (Lipinski definition) is 0. The van der Waals surface area contributed by atoms with Crippen LogP contribution in [0.15, 0.2) is 47.4 Å². The second-order valence-electron chi connectivity index (χ2n) is 6.64. The molecule has 0 bridgehead atoms. The molecule has 3 rings (SSSR count). The number of alkyl halides is 3. The Kier molecular flexibility index (Phi) is 5.93. The van der Waals surface area contributed by atoms with E-state index in [1.165, 1.54) is 6.92 Å². The van der Waals surface area contributed by atoms with E-state index in [0.29, 0.717) is 24.7 Å². The standard InChI is InChI=1S/C19H18ClF3N2O3S/c1-13(26)14-2-5-16(6-3-14)24-8-10-25(11-9-24)29(27,28)18-12-15(19(21,22)23)4-7-17(18)20/h2-7,12H,8-11H2,1H3. The highest BCUT2D eigenvalue weighted by atomic mass is 35.5. The quantitative estimate of drug-likeness (QED) is 0.664. The van der Waals surface area contributed by atoms with Gasteiger partial charge in [-0.3, -0.25) is 4.79 Å². The van der Waals surface area contributed by atoms with Crippen LogP contribution in [0.2, 0.25) is 5.02 Å². The minimum atomic E-state index is -4.67. The molecule has 10 heteroatoms. The molecule has 2 aromatic rings. The van der Waals surface area contributed by atoms with Gasteiger partial charge in [0.2, 0.25) is 10.0 Å². The Balaban J connectivity index is 1.77. The SMILES string of the molecule is CC(=O)c1ccc(N2CCN(S(=O)(=O)c3cc(C(F)(F)F)ccc3Cl)CC2)cc1. The Labute approximate surface area is 171 Å². The molecule has 0 unspecified atom stereocenters. The minimum Gasteiger partial charge on any atom is -0.369 e. The van der Waals surface area contributed by atoms with Gasteiger partial charge < -0.3 is 4.90 Å². The predicted octanol–water partition coefficient (Wildman–Crippen LogP) is 4.07. The first-order valence-electron chi connectivity index (χ1n) is 8.73. The summed E-state index contributed by atoms with van der Waals surface area (Å²) in [5.41, 5.74) is 0.350. The zero-order valence-electron chi connectivity index (χ0n) is 15.4. The maximum Gasteiger partial charge on any atom is 0.416 e. The lowest BCUT2D eigenvalue weighted by Crippen LogP contribution is -2.48. The van der Waals surface area contributed by atoms with E-state index in [4.69, 9.17) is 11.6 Å². The molecule has 1 heterocycles. The molecule has 0 N–H and O–H groups in total. The molecule has 0 saturated carbocycles. The molecule has 0 spiro atoms. The summed E-state index contributed by atoms with van der Waals surface area (Å²) in [4.78, 5) is 12.8. The number of anilines is 1. The first-order valence-corrected chi connectivity index (χ1v) is 10.5. The minimum absolute atomic E-state index is 0.0505. The molecule has 156 valence electrons. The summed E-state index contributed by atoms with van der Waals surface area (Å²) in [6.07, 6.45) is -4.67. The zero-order valence-corrected chi connectivity index (χ0v) is 17.0. The van der Waals surface area contributed by atoms with Gasteiger partial charge in [0, 0.05) is 37.4 Å². The summed E-state index contributed by atoms with van der Waals surface area (Å²) in [6.45, 7) is 2.38. The lowest BCUT2D eigenvalue weighted by Gasteiger charge is -2.35. The number of halogens is 4. The normalized spacial score (nSPS) is 16.1. The molecule has 1 fully saturated rings. The highest BCUT2D eigenvalue weighted by Crippen LogP contribution is 2.34. The van der Waals surface area contributed by atoms with E-state index in [2.05, 4.69) is 0 Å². The largest absolute Gasteiger partial charge is 0.416 e. The number of carbonyl (C=O) groups is 1. The van der Waals surface area contributed by atoms with Gasteiger partial charge in [-0.1, -0.05) is 11.6 Å². The van der Waals surface area contributed by atoms with Gasteiger partial charge in [-0.25, -0.2) is 8.42 Å². The Hall–Kier alpha value is -2.10. The van der Waals surface area contributed by atoms with E-state index in [-0.39, 0.29) is 23.9 Å². The van der Waals surface area contributed by atoms with Crippen LogP contribution in [-0.2, 0) is 16.2 Å². The number of sulfonamides is 1. The lowest BCUT2D eigenvalue weighted by atomic mass is 10.1. The molecule has 1 aliphatic rings. The number of nitrogens with zero attached hydrogens (tertiary/aromatic N) is 2. The number of rotatable bonds is 4. The van der Waals surface area contributed by atoms with Crippen LogP contribution in [0.4, 0.5) is 18.9 Å². The molecule has 2 aromatic carbocycles. The van der Waals surface area contributed by atoms with Crippen molar-refractivity contribution in [2.24, 2.45) is 0 Å². The first-order chi connectivity index (χ1) is 13.5. The van der Waals surface area contributed by atoms with Crippen molar-refractivity contribution in [1.82, 2.24) is 4.31 Å². The van der Waals surface area contributed by atoms with Gasteiger partial charge in [0.05, 0.1) is 10.6 Å². The predicted molar refractivity (Wildman–Crippen MR) is 104 cm³/mol. The fourth-order valence-corrected chi connectivity index (χ4v) is 5.03.